The van der Waals surface area contributed by atoms with Crippen LogP contribution in [0.4, 0.5) is 5.69 Å². The third-order valence-corrected chi connectivity index (χ3v) is 9.94. The van der Waals surface area contributed by atoms with Gasteiger partial charge in [0, 0.05) is 30.3 Å². The van der Waals surface area contributed by atoms with Gasteiger partial charge in [0.25, 0.3) is 10.0 Å². The topological polar surface area (TPSA) is 79.4 Å². The van der Waals surface area contributed by atoms with E-state index in [0.717, 1.165) is 26.5 Å². The standard InChI is InChI=1S/C23H21N3O3S3/c27-22(16-10-12-26(13-11-16)32(28,29)21-9-4-14-30-21)24-18-6-3-5-17(15-18)23-25-19-7-1-2-8-20(19)31-23/h1-9,14-16H,10-13H2,(H,24,27). The average molecular weight is 484 g/mol. The summed E-state index contributed by atoms with van der Waals surface area (Å²) < 4.78 is 28.3. The van der Waals surface area contributed by atoms with E-state index in [1.165, 1.54) is 15.6 Å². The third-order valence-electron chi connectivity index (χ3n) is 5.58. The molecule has 0 unspecified atom stereocenters. The highest BCUT2D eigenvalue weighted by Gasteiger charge is 2.32. The zero-order valence-electron chi connectivity index (χ0n) is 17.1. The minimum atomic E-state index is -3.46. The molecule has 1 fully saturated rings. The van der Waals surface area contributed by atoms with Gasteiger partial charge in [-0.2, -0.15) is 4.31 Å². The number of benzene rings is 2. The van der Waals surface area contributed by atoms with Crippen molar-refractivity contribution in [3.8, 4) is 10.6 Å². The molecule has 2 aromatic heterocycles. The van der Waals surface area contributed by atoms with Crippen LogP contribution in [0.2, 0.25) is 0 Å². The second kappa shape index (κ2) is 8.74. The number of nitrogens with zero attached hydrogens (tertiary/aromatic N) is 2. The fourth-order valence-electron chi connectivity index (χ4n) is 3.87. The summed E-state index contributed by atoms with van der Waals surface area (Å²) in [5, 5.41) is 5.68. The smallest absolute Gasteiger partial charge is 0.252 e. The van der Waals surface area contributed by atoms with Gasteiger partial charge >= 0.3 is 0 Å². The van der Waals surface area contributed by atoms with Crippen molar-refractivity contribution >= 4 is 54.5 Å². The van der Waals surface area contributed by atoms with Crippen LogP contribution in [0, 0.1) is 5.92 Å². The Balaban J connectivity index is 1.25. The molecule has 1 saturated heterocycles. The van der Waals surface area contributed by atoms with Gasteiger partial charge in [-0.05, 0) is 48.6 Å². The lowest BCUT2D eigenvalue weighted by atomic mass is 9.97. The van der Waals surface area contributed by atoms with Gasteiger partial charge in [-0.1, -0.05) is 30.3 Å². The molecule has 2 aromatic carbocycles. The maximum atomic E-state index is 12.9. The van der Waals surface area contributed by atoms with Crippen molar-refractivity contribution in [2.75, 3.05) is 18.4 Å². The van der Waals surface area contributed by atoms with Gasteiger partial charge in [-0.25, -0.2) is 13.4 Å². The number of carbonyl (C=O) groups is 1. The molecule has 3 heterocycles. The van der Waals surface area contributed by atoms with Crippen molar-refractivity contribution in [3.05, 3.63) is 66.0 Å². The summed E-state index contributed by atoms with van der Waals surface area (Å²) in [5.41, 5.74) is 2.65. The number of thiophene rings is 1. The number of para-hydroxylation sites is 1. The molecular weight excluding hydrogens is 462 g/mol. The first-order valence-corrected chi connectivity index (χ1v) is 13.4. The van der Waals surface area contributed by atoms with Crippen LogP contribution < -0.4 is 5.32 Å². The van der Waals surface area contributed by atoms with Crippen molar-refractivity contribution in [2.24, 2.45) is 5.92 Å². The number of carbonyl (C=O) groups excluding carboxylic acids is 1. The van der Waals surface area contributed by atoms with Crippen LogP contribution in [0.3, 0.4) is 0 Å². The van der Waals surface area contributed by atoms with Crippen molar-refractivity contribution in [3.63, 3.8) is 0 Å². The number of hydrogen-bond donors (Lipinski definition) is 1. The SMILES string of the molecule is O=C(Nc1cccc(-c2nc3ccccc3s2)c1)C1CCN(S(=O)(=O)c2cccs2)CC1. The molecule has 164 valence electrons. The minimum Gasteiger partial charge on any atom is -0.326 e. The molecule has 0 atom stereocenters. The third kappa shape index (κ3) is 4.21. The largest absolute Gasteiger partial charge is 0.326 e. The normalized spacial score (nSPS) is 15.8. The van der Waals surface area contributed by atoms with E-state index in [1.807, 2.05) is 48.5 Å². The summed E-state index contributed by atoms with van der Waals surface area (Å²) in [7, 11) is -3.46. The number of hydrogen-bond acceptors (Lipinski definition) is 6. The molecule has 1 aliphatic rings. The van der Waals surface area contributed by atoms with Crippen LogP contribution in [0.5, 0.6) is 0 Å². The molecule has 0 spiro atoms. The lowest BCUT2D eigenvalue weighted by molar-refractivity contribution is -0.120. The Kier molecular flexibility index (Phi) is 5.81. The zero-order chi connectivity index (χ0) is 22.1. The molecule has 1 aliphatic heterocycles. The number of thiazole rings is 1. The summed E-state index contributed by atoms with van der Waals surface area (Å²) in [5.74, 6) is -0.282. The number of anilines is 1. The van der Waals surface area contributed by atoms with Gasteiger partial charge in [0.05, 0.1) is 10.2 Å². The van der Waals surface area contributed by atoms with Crippen LogP contribution >= 0.6 is 22.7 Å². The summed E-state index contributed by atoms with van der Waals surface area (Å²) >= 11 is 2.84. The van der Waals surface area contributed by atoms with Crippen molar-refractivity contribution in [1.82, 2.24) is 9.29 Å². The number of piperidine rings is 1. The highest BCUT2D eigenvalue weighted by molar-refractivity contribution is 7.91. The molecule has 5 rings (SSSR count). The first-order valence-electron chi connectivity index (χ1n) is 10.3. The maximum Gasteiger partial charge on any atom is 0.252 e. The van der Waals surface area contributed by atoms with E-state index in [2.05, 4.69) is 10.3 Å². The quantitative estimate of drug-likeness (QED) is 0.430. The second-order valence-electron chi connectivity index (χ2n) is 7.67. The maximum absolute atomic E-state index is 12.9. The predicted octanol–water partition coefficient (Wildman–Crippen LogP) is 5.06. The molecule has 4 aromatic rings. The van der Waals surface area contributed by atoms with E-state index in [9.17, 15) is 13.2 Å². The van der Waals surface area contributed by atoms with E-state index in [1.54, 1.807) is 28.8 Å². The average Bonchev–Trinajstić information content (AvgIpc) is 3.50. The summed E-state index contributed by atoms with van der Waals surface area (Å²) in [6.07, 6.45) is 1.02. The Morgan fingerprint density at radius 1 is 1.03 bits per heavy atom. The summed E-state index contributed by atoms with van der Waals surface area (Å²) in [6.45, 7) is 0.703. The number of amides is 1. The zero-order valence-corrected chi connectivity index (χ0v) is 19.6. The van der Waals surface area contributed by atoms with Crippen LogP contribution in [0.15, 0.2) is 70.3 Å². The first-order chi connectivity index (χ1) is 15.5. The Labute approximate surface area is 194 Å². The Morgan fingerprint density at radius 2 is 1.84 bits per heavy atom. The number of sulfonamides is 1. The fourth-order valence-corrected chi connectivity index (χ4v) is 7.44. The highest BCUT2D eigenvalue weighted by atomic mass is 32.2. The number of nitrogens with one attached hydrogen (secondary N) is 1. The summed E-state index contributed by atoms with van der Waals surface area (Å²) in [4.78, 5) is 17.5. The molecule has 0 radical (unpaired) electrons. The first kappa shape index (κ1) is 21.3. The van der Waals surface area contributed by atoms with Crippen molar-refractivity contribution < 1.29 is 13.2 Å². The fraction of sp³-hybridized carbons (Fsp3) is 0.217. The van der Waals surface area contributed by atoms with Crippen LogP contribution in [-0.4, -0.2) is 36.7 Å². The molecule has 1 amide bonds. The molecule has 0 aliphatic carbocycles. The highest BCUT2D eigenvalue weighted by Crippen LogP contribution is 2.32. The molecule has 0 saturated carbocycles. The van der Waals surface area contributed by atoms with Gasteiger partial charge in [-0.15, -0.1) is 22.7 Å². The molecule has 1 N–H and O–H groups in total. The Morgan fingerprint density at radius 3 is 2.59 bits per heavy atom. The van der Waals surface area contributed by atoms with Crippen molar-refractivity contribution in [1.29, 1.82) is 0 Å². The van der Waals surface area contributed by atoms with E-state index in [-0.39, 0.29) is 11.8 Å². The summed E-state index contributed by atoms with van der Waals surface area (Å²) in [6, 6.07) is 19.1. The van der Waals surface area contributed by atoms with E-state index in [4.69, 9.17) is 0 Å². The molecule has 0 bridgehead atoms. The van der Waals surface area contributed by atoms with Gasteiger partial charge in [0.15, 0.2) is 0 Å². The number of rotatable bonds is 5. The van der Waals surface area contributed by atoms with Crippen LogP contribution in [0.25, 0.3) is 20.8 Å². The van der Waals surface area contributed by atoms with E-state index in [0.29, 0.717) is 30.1 Å². The van der Waals surface area contributed by atoms with Crippen LogP contribution in [-0.2, 0) is 14.8 Å². The second-order valence-corrected chi connectivity index (χ2v) is 11.8. The van der Waals surface area contributed by atoms with Gasteiger partial charge in [0.2, 0.25) is 5.91 Å². The van der Waals surface area contributed by atoms with Crippen LogP contribution in [0.1, 0.15) is 12.8 Å². The van der Waals surface area contributed by atoms with E-state index >= 15 is 0 Å². The molecule has 9 heteroatoms. The lowest BCUT2D eigenvalue weighted by Crippen LogP contribution is -2.41. The van der Waals surface area contributed by atoms with E-state index < -0.39 is 10.0 Å². The predicted molar refractivity (Wildman–Crippen MR) is 129 cm³/mol. The minimum absolute atomic E-state index is 0.0698. The Bertz CT molecular complexity index is 1320. The monoisotopic (exact) mass is 483 g/mol. The van der Waals surface area contributed by atoms with Gasteiger partial charge in [0.1, 0.15) is 9.22 Å². The van der Waals surface area contributed by atoms with Crippen molar-refractivity contribution in [2.45, 2.75) is 17.1 Å². The lowest BCUT2D eigenvalue weighted by Gasteiger charge is -2.30. The number of fused-ring (bicyclic) bond motifs is 1. The number of aromatic nitrogens is 1. The van der Waals surface area contributed by atoms with Gasteiger partial charge in [-0.3, -0.25) is 4.79 Å². The molecule has 32 heavy (non-hydrogen) atoms. The Hall–Kier alpha value is -2.59. The molecule has 6 nitrogen and oxygen atoms in total. The molecular formula is C23H21N3O3S3. The van der Waals surface area contributed by atoms with Gasteiger partial charge < -0.3 is 5.32 Å².